The zero-order chi connectivity index (χ0) is 28.8. The van der Waals surface area contributed by atoms with E-state index in [4.69, 9.17) is 0 Å². The monoisotopic (exact) mass is 617 g/mol. The molecule has 2 amide bonds. The fourth-order valence-corrected chi connectivity index (χ4v) is 5.64. The Balaban J connectivity index is 1.28. The van der Waals surface area contributed by atoms with Crippen molar-refractivity contribution in [3.8, 4) is 11.1 Å². The van der Waals surface area contributed by atoms with Crippen LogP contribution < -0.4 is 5.32 Å². The third kappa shape index (κ3) is 5.22. The number of halogens is 2. The molecule has 5 aromatic rings. The van der Waals surface area contributed by atoms with E-state index < -0.39 is 24.0 Å². The minimum absolute atomic E-state index is 0.117. The van der Waals surface area contributed by atoms with Crippen molar-refractivity contribution >= 4 is 55.9 Å². The van der Waals surface area contributed by atoms with Crippen LogP contribution in [0.25, 0.3) is 27.7 Å². The maximum Gasteiger partial charge on any atom is 0.248 e. The van der Waals surface area contributed by atoms with Crippen LogP contribution in [0.15, 0.2) is 65.9 Å². The maximum absolute atomic E-state index is 14.5. The lowest BCUT2D eigenvalue weighted by atomic mass is 10.0. The molecule has 6 rings (SSSR count). The Morgan fingerprint density at radius 2 is 1.88 bits per heavy atom. The molecular formula is C29H25BrFN7O3. The molecule has 1 N–H and O–H groups in total. The van der Waals surface area contributed by atoms with Crippen LogP contribution in [0.1, 0.15) is 29.4 Å². The average molecular weight is 618 g/mol. The first-order valence-electron chi connectivity index (χ1n) is 13.0. The molecule has 1 fully saturated rings. The van der Waals surface area contributed by atoms with E-state index in [9.17, 15) is 18.8 Å². The summed E-state index contributed by atoms with van der Waals surface area (Å²) in [5.41, 5.74) is 4.77. The average Bonchev–Trinajstić information content (AvgIpc) is 3.62. The summed E-state index contributed by atoms with van der Waals surface area (Å²) in [7, 11) is 0. The van der Waals surface area contributed by atoms with Crippen molar-refractivity contribution in [3.05, 3.63) is 77.2 Å². The number of nitrogens with zero attached hydrogens (tertiary/aromatic N) is 6. The Morgan fingerprint density at radius 1 is 1.07 bits per heavy atom. The number of carbonyl (C=O) groups is 3. The number of hydrogen-bond acceptors (Lipinski definition) is 6. The number of alkyl halides is 1. The van der Waals surface area contributed by atoms with Gasteiger partial charge < -0.3 is 19.2 Å². The lowest BCUT2D eigenvalue weighted by molar-refractivity contribution is -0.137. The minimum Gasteiger partial charge on any atom is -0.337 e. The first kappa shape index (κ1) is 26.8. The predicted molar refractivity (Wildman–Crippen MR) is 154 cm³/mol. The first-order valence-corrected chi connectivity index (χ1v) is 13.8. The molecule has 1 aliphatic rings. The highest BCUT2D eigenvalue weighted by atomic mass is 79.9. The number of carbonyl (C=O) groups excluding carboxylic acids is 3. The molecule has 10 nitrogen and oxygen atoms in total. The molecule has 5 heterocycles. The number of ketones is 1. The van der Waals surface area contributed by atoms with E-state index in [1.54, 1.807) is 10.8 Å². The molecule has 208 valence electrons. The van der Waals surface area contributed by atoms with Crippen LogP contribution >= 0.6 is 15.9 Å². The number of anilines is 1. The summed E-state index contributed by atoms with van der Waals surface area (Å²) in [6.07, 6.45) is 6.96. The minimum atomic E-state index is -1.34. The Bertz CT molecular complexity index is 1850. The molecule has 1 saturated heterocycles. The van der Waals surface area contributed by atoms with Crippen molar-refractivity contribution < 1.29 is 18.8 Å². The van der Waals surface area contributed by atoms with Crippen LogP contribution in [0.4, 0.5) is 10.2 Å². The van der Waals surface area contributed by atoms with Crippen LogP contribution in [0.2, 0.25) is 0 Å². The summed E-state index contributed by atoms with van der Waals surface area (Å²) in [5, 5.41) is 3.32. The largest absolute Gasteiger partial charge is 0.337 e. The zero-order valence-corrected chi connectivity index (χ0v) is 23.8. The molecular weight excluding hydrogens is 593 g/mol. The zero-order valence-electron chi connectivity index (χ0n) is 22.2. The van der Waals surface area contributed by atoms with E-state index in [0.717, 1.165) is 22.5 Å². The molecule has 41 heavy (non-hydrogen) atoms. The summed E-state index contributed by atoms with van der Waals surface area (Å²) >= 11 is 3.20. The Labute approximate surface area is 242 Å². The topological polar surface area (TPSA) is 114 Å². The summed E-state index contributed by atoms with van der Waals surface area (Å²) in [6.45, 7) is 3.06. The number of rotatable bonds is 6. The quantitative estimate of drug-likeness (QED) is 0.279. The molecule has 1 aromatic carbocycles. The predicted octanol–water partition coefficient (Wildman–Crippen LogP) is 4.60. The highest BCUT2D eigenvalue weighted by Gasteiger charge is 2.40. The summed E-state index contributed by atoms with van der Waals surface area (Å²) in [4.78, 5) is 52.8. The summed E-state index contributed by atoms with van der Waals surface area (Å²) in [6, 6.07) is 8.64. The van der Waals surface area contributed by atoms with E-state index in [1.807, 2.05) is 54.0 Å². The van der Waals surface area contributed by atoms with E-state index in [-0.39, 0.29) is 31.1 Å². The van der Waals surface area contributed by atoms with Crippen molar-refractivity contribution in [2.45, 2.75) is 39.0 Å². The third-order valence-corrected chi connectivity index (χ3v) is 7.58. The van der Waals surface area contributed by atoms with Gasteiger partial charge in [0.2, 0.25) is 11.8 Å². The maximum atomic E-state index is 14.5. The van der Waals surface area contributed by atoms with Gasteiger partial charge in [0.15, 0.2) is 11.6 Å². The number of amides is 2. The second kappa shape index (κ2) is 10.5. The molecule has 2 atom stereocenters. The molecule has 0 unspecified atom stereocenters. The fourth-order valence-electron chi connectivity index (χ4n) is 5.33. The second-order valence-electron chi connectivity index (χ2n) is 10.1. The smallest absolute Gasteiger partial charge is 0.248 e. The number of aromatic nitrogens is 5. The number of nitrogens with one attached hydrogen (secondary N) is 1. The number of pyridine rings is 1. The molecule has 0 radical (unpaired) electrons. The van der Waals surface area contributed by atoms with Crippen LogP contribution in [0, 0.1) is 6.92 Å². The number of likely N-dealkylation sites (tertiary alicyclic amines) is 1. The molecule has 0 bridgehead atoms. The molecule has 4 aromatic heterocycles. The van der Waals surface area contributed by atoms with Crippen LogP contribution in [-0.2, 0) is 16.1 Å². The number of aryl methyl sites for hydroxylation is 1. The second-order valence-corrected chi connectivity index (χ2v) is 10.9. The van der Waals surface area contributed by atoms with Gasteiger partial charge in [0.05, 0.1) is 24.6 Å². The Morgan fingerprint density at radius 3 is 2.66 bits per heavy atom. The Hall–Kier alpha value is -4.45. The highest BCUT2D eigenvalue weighted by Crippen LogP contribution is 2.30. The van der Waals surface area contributed by atoms with Gasteiger partial charge in [-0.15, -0.1) is 0 Å². The fraction of sp³-hybridized carbons (Fsp3) is 0.241. The van der Waals surface area contributed by atoms with Gasteiger partial charge in [-0.05, 0) is 65.2 Å². The van der Waals surface area contributed by atoms with Gasteiger partial charge in [0.25, 0.3) is 0 Å². The van der Waals surface area contributed by atoms with Gasteiger partial charge in [-0.3, -0.25) is 19.4 Å². The van der Waals surface area contributed by atoms with E-state index in [0.29, 0.717) is 21.1 Å². The Kier molecular flexibility index (Phi) is 6.86. The molecule has 1 aliphatic heterocycles. The van der Waals surface area contributed by atoms with Gasteiger partial charge in [-0.1, -0.05) is 6.07 Å². The molecule has 0 aliphatic carbocycles. The third-order valence-electron chi connectivity index (χ3n) is 7.20. The number of fused-ring (bicyclic) bond motifs is 2. The summed E-state index contributed by atoms with van der Waals surface area (Å²) < 4.78 is 18.6. The van der Waals surface area contributed by atoms with Crippen LogP contribution in [0.5, 0.6) is 0 Å². The number of hydrogen-bond donors (Lipinski definition) is 1. The number of Topliss-reactive ketones (excluding diaryl/α,β-unsaturated/α-hetero) is 1. The van der Waals surface area contributed by atoms with Crippen molar-refractivity contribution in [1.29, 1.82) is 0 Å². The lowest BCUT2D eigenvalue weighted by Gasteiger charge is -2.24. The SMILES string of the molecule is CC(=O)c1cn(CC(=O)N2C[C@H](F)C[C@H]2C(=O)Nc2cncc(Br)n2)c2ccc(-c3ccc4nc(C)cn4c3)cc12. The molecule has 0 saturated carbocycles. The van der Waals surface area contributed by atoms with Crippen molar-refractivity contribution in [2.24, 2.45) is 0 Å². The molecule has 0 spiro atoms. The van der Waals surface area contributed by atoms with Gasteiger partial charge in [0, 0.05) is 41.5 Å². The molecule has 12 heteroatoms. The first-order chi connectivity index (χ1) is 19.7. The normalized spacial score (nSPS) is 16.9. The van der Waals surface area contributed by atoms with Gasteiger partial charge in [-0.25, -0.2) is 14.4 Å². The van der Waals surface area contributed by atoms with Gasteiger partial charge >= 0.3 is 0 Å². The lowest BCUT2D eigenvalue weighted by Crippen LogP contribution is -2.44. The van der Waals surface area contributed by atoms with Crippen LogP contribution in [0.3, 0.4) is 0 Å². The van der Waals surface area contributed by atoms with Crippen molar-refractivity contribution in [3.63, 3.8) is 0 Å². The van der Waals surface area contributed by atoms with E-state index in [1.165, 1.54) is 24.2 Å². The standard InChI is InChI=1S/C29H25BrFN7O3/c1-16-11-37-12-19(4-6-27(37)33-16)18-3-5-23-21(7-18)22(17(2)39)14-36(23)15-28(40)38-13-20(31)8-24(38)29(41)35-26-10-32-9-25(30)34-26/h3-7,9-12,14,20,24H,8,13,15H2,1-2H3,(H,34,35,41)/t20-,24+/m1/s1. The van der Waals surface area contributed by atoms with Gasteiger partial charge in [0.1, 0.15) is 29.0 Å². The van der Waals surface area contributed by atoms with E-state index in [2.05, 4.69) is 36.2 Å². The van der Waals surface area contributed by atoms with Crippen LogP contribution in [-0.4, -0.2) is 65.2 Å². The number of benzene rings is 1. The van der Waals surface area contributed by atoms with Gasteiger partial charge in [-0.2, -0.15) is 0 Å². The summed E-state index contributed by atoms with van der Waals surface area (Å²) in [5.74, 6) is -0.916. The van der Waals surface area contributed by atoms with Crippen molar-refractivity contribution in [1.82, 2.24) is 28.8 Å². The highest BCUT2D eigenvalue weighted by molar-refractivity contribution is 9.10. The van der Waals surface area contributed by atoms with Crippen molar-refractivity contribution in [2.75, 3.05) is 11.9 Å². The van der Waals surface area contributed by atoms with E-state index >= 15 is 0 Å². The number of imidazole rings is 1.